The molecule has 1 heterocycles. The van der Waals surface area contributed by atoms with Crippen LogP contribution in [0.3, 0.4) is 0 Å². The van der Waals surface area contributed by atoms with Gasteiger partial charge < -0.3 is 14.8 Å². The summed E-state index contributed by atoms with van der Waals surface area (Å²) < 4.78 is 12.4. The van der Waals surface area contributed by atoms with Crippen molar-refractivity contribution in [1.29, 1.82) is 0 Å². The van der Waals surface area contributed by atoms with E-state index in [1.54, 1.807) is 4.57 Å². The maximum atomic E-state index is 12.5. The molecule has 0 radical (unpaired) electrons. The van der Waals surface area contributed by atoms with Gasteiger partial charge in [0, 0.05) is 5.69 Å². The first kappa shape index (κ1) is 20.5. The number of amides is 1. The van der Waals surface area contributed by atoms with Crippen LogP contribution in [0, 0.1) is 0 Å². The number of nitrogens with one attached hydrogen (secondary N) is 1. The number of carbonyl (C=O) groups is 2. The molecule has 0 saturated heterocycles. The molecule has 1 N–H and O–H groups in total. The monoisotopic (exact) mass is 411 g/mol. The summed E-state index contributed by atoms with van der Waals surface area (Å²) in [7, 11) is 0. The van der Waals surface area contributed by atoms with Gasteiger partial charge in [-0.2, -0.15) is 0 Å². The van der Waals surface area contributed by atoms with E-state index >= 15 is 0 Å². The Balaban J connectivity index is 1.50. The van der Waals surface area contributed by atoms with E-state index < -0.39 is 11.9 Å². The number of esters is 1. The van der Waals surface area contributed by atoms with E-state index in [9.17, 15) is 9.59 Å². The highest BCUT2D eigenvalue weighted by Crippen LogP contribution is 2.22. The van der Waals surface area contributed by atoms with Gasteiger partial charge in [0.25, 0.3) is 5.91 Å². The van der Waals surface area contributed by atoms with Gasteiger partial charge in [0.2, 0.25) is 0 Å². The van der Waals surface area contributed by atoms with Crippen LogP contribution in [0.4, 0.5) is 0 Å². The van der Waals surface area contributed by atoms with Crippen molar-refractivity contribution in [3.05, 3.63) is 72.6 Å². The molecular formula is C21H21N3O4S. The van der Waals surface area contributed by atoms with Crippen LogP contribution in [-0.2, 0) is 9.53 Å². The topological polar surface area (TPSA) is 82.4 Å². The molecule has 0 bridgehead atoms. The molecule has 0 fully saturated rings. The van der Waals surface area contributed by atoms with Crippen molar-refractivity contribution in [3.8, 4) is 11.4 Å². The first-order chi connectivity index (χ1) is 14.2. The van der Waals surface area contributed by atoms with Crippen molar-refractivity contribution < 1.29 is 19.1 Å². The van der Waals surface area contributed by atoms with E-state index in [1.165, 1.54) is 18.0 Å². The van der Waals surface area contributed by atoms with E-state index in [2.05, 4.69) is 10.3 Å². The summed E-state index contributed by atoms with van der Waals surface area (Å²) in [4.78, 5) is 28.7. The minimum Gasteiger partial charge on any atom is -0.492 e. The molecule has 29 heavy (non-hydrogen) atoms. The van der Waals surface area contributed by atoms with Crippen LogP contribution >= 0.6 is 11.8 Å². The van der Waals surface area contributed by atoms with Crippen molar-refractivity contribution in [2.45, 2.75) is 5.16 Å². The summed E-state index contributed by atoms with van der Waals surface area (Å²) >= 11 is 1.42. The molecule has 8 heteroatoms. The van der Waals surface area contributed by atoms with Gasteiger partial charge in [-0.1, -0.05) is 48.2 Å². The Hall–Kier alpha value is -3.26. The fraction of sp³-hybridized carbons (Fsp3) is 0.190. The first-order valence-corrected chi connectivity index (χ1v) is 10.2. The average molecular weight is 411 g/mol. The third-order valence-corrected chi connectivity index (χ3v) is 4.56. The van der Waals surface area contributed by atoms with E-state index in [-0.39, 0.29) is 12.3 Å². The molecule has 2 aromatic carbocycles. The Morgan fingerprint density at radius 1 is 1.07 bits per heavy atom. The van der Waals surface area contributed by atoms with Gasteiger partial charge in [0.05, 0.1) is 12.7 Å². The lowest BCUT2D eigenvalue weighted by atomic mass is 10.3. The van der Waals surface area contributed by atoms with Crippen molar-refractivity contribution in [2.24, 2.45) is 0 Å². The molecule has 0 aliphatic rings. The Morgan fingerprint density at radius 2 is 1.76 bits per heavy atom. The number of carbonyl (C=O) groups excluding carboxylic acids is 2. The second-order valence-corrected chi connectivity index (χ2v) is 6.66. The number of nitrogens with zero attached hydrogens (tertiary/aromatic N) is 2. The molecule has 7 nitrogen and oxygen atoms in total. The zero-order valence-corrected chi connectivity index (χ0v) is 16.7. The van der Waals surface area contributed by atoms with E-state index in [0.717, 1.165) is 11.4 Å². The number of benzene rings is 2. The lowest BCUT2D eigenvalue weighted by Gasteiger charge is -2.11. The van der Waals surface area contributed by atoms with Crippen molar-refractivity contribution >= 4 is 23.6 Å². The van der Waals surface area contributed by atoms with Crippen molar-refractivity contribution in [1.82, 2.24) is 14.9 Å². The van der Waals surface area contributed by atoms with Crippen LogP contribution in [0.5, 0.6) is 5.75 Å². The van der Waals surface area contributed by atoms with Gasteiger partial charge in [0.1, 0.15) is 12.4 Å². The summed E-state index contributed by atoms with van der Waals surface area (Å²) in [6.07, 6.45) is 3.33. The number of imidazole rings is 1. The van der Waals surface area contributed by atoms with Crippen LogP contribution in [0.25, 0.3) is 5.69 Å². The van der Waals surface area contributed by atoms with Gasteiger partial charge in [-0.25, -0.2) is 9.78 Å². The van der Waals surface area contributed by atoms with Crippen molar-refractivity contribution in [3.63, 3.8) is 0 Å². The molecule has 0 atom stereocenters. The molecule has 3 rings (SSSR count). The maximum absolute atomic E-state index is 12.5. The highest BCUT2D eigenvalue weighted by Gasteiger charge is 2.19. The molecule has 1 aromatic heterocycles. The number of para-hydroxylation sites is 2. The summed E-state index contributed by atoms with van der Waals surface area (Å²) in [5.74, 6) is -0.282. The molecular weight excluding hydrogens is 390 g/mol. The fourth-order valence-electron chi connectivity index (χ4n) is 2.58. The number of aromatic nitrogens is 2. The Labute approximate surface area is 173 Å². The number of ether oxygens (including phenoxy) is 2. The SMILES string of the molecule is CSc1ncc(C(=O)OCC(=O)NCCOc2ccccc2)n1-c1ccccc1. The van der Waals surface area contributed by atoms with E-state index in [0.29, 0.717) is 18.3 Å². The van der Waals surface area contributed by atoms with Crippen LogP contribution < -0.4 is 10.1 Å². The van der Waals surface area contributed by atoms with Crippen LogP contribution in [0.1, 0.15) is 10.5 Å². The minimum atomic E-state index is -0.614. The number of hydrogen-bond acceptors (Lipinski definition) is 6. The van der Waals surface area contributed by atoms with Crippen molar-refractivity contribution in [2.75, 3.05) is 26.0 Å². The van der Waals surface area contributed by atoms with E-state index in [1.807, 2.05) is 66.9 Å². The van der Waals surface area contributed by atoms with E-state index in [4.69, 9.17) is 9.47 Å². The van der Waals surface area contributed by atoms with Gasteiger partial charge in [-0.3, -0.25) is 9.36 Å². The molecule has 0 aliphatic carbocycles. The highest BCUT2D eigenvalue weighted by molar-refractivity contribution is 7.98. The Kier molecular flexibility index (Phi) is 7.29. The average Bonchev–Trinajstić information content (AvgIpc) is 3.21. The third kappa shape index (κ3) is 5.61. The summed E-state index contributed by atoms with van der Waals surface area (Å²) in [5, 5.41) is 3.31. The first-order valence-electron chi connectivity index (χ1n) is 8.98. The quantitative estimate of drug-likeness (QED) is 0.331. The normalized spacial score (nSPS) is 10.4. The predicted molar refractivity (Wildman–Crippen MR) is 111 cm³/mol. The van der Waals surface area contributed by atoms with Crippen LogP contribution in [0.15, 0.2) is 72.0 Å². The standard InChI is InChI=1S/C21H21N3O4S/c1-29-21-23-14-18(24(21)16-8-4-2-5-9-16)20(26)28-15-19(25)22-12-13-27-17-10-6-3-7-11-17/h2-11,14H,12-13,15H2,1H3,(H,22,25). The summed E-state index contributed by atoms with van der Waals surface area (Å²) in [5.41, 5.74) is 1.06. The minimum absolute atomic E-state index is 0.265. The highest BCUT2D eigenvalue weighted by atomic mass is 32.2. The van der Waals surface area contributed by atoms with Gasteiger partial charge in [-0.15, -0.1) is 0 Å². The maximum Gasteiger partial charge on any atom is 0.357 e. The molecule has 0 unspecified atom stereocenters. The molecule has 150 valence electrons. The second kappa shape index (κ2) is 10.3. The number of hydrogen-bond donors (Lipinski definition) is 1. The Bertz CT molecular complexity index is 945. The smallest absolute Gasteiger partial charge is 0.357 e. The van der Waals surface area contributed by atoms with Crippen LogP contribution in [0.2, 0.25) is 0 Å². The van der Waals surface area contributed by atoms with Gasteiger partial charge in [0.15, 0.2) is 17.5 Å². The van der Waals surface area contributed by atoms with Gasteiger partial charge in [-0.05, 0) is 30.5 Å². The third-order valence-electron chi connectivity index (χ3n) is 3.91. The lowest BCUT2D eigenvalue weighted by molar-refractivity contribution is -0.124. The molecule has 1 amide bonds. The van der Waals surface area contributed by atoms with Gasteiger partial charge >= 0.3 is 5.97 Å². The Morgan fingerprint density at radius 3 is 2.45 bits per heavy atom. The zero-order valence-electron chi connectivity index (χ0n) is 15.9. The lowest BCUT2D eigenvalue weighted by Crippen LogP contribution is -2.32. The largest absolute Gasteiger partial charge is 0.492 e. The number of rotatable bonds is 9. The zero-order chi connectivity index (χ0) is 20.5. The molecule has 0 saturated carbocycles. The second-order valence-electron chi connectivity index (χ2n) is 5.89. The summed E-state index contributed by atoms with van der Waals surface area (Å²) in [6, 6.07) is 18.7. The van der Waals surface area contributed by atoms with Crippen LogP contribution in [-0.4, -0.2) is 47.4 Å². The summed E-state index contributed by atoms with van der Waals surface area (Å²) in [6.45, 7) is 0.254. The predicted octanol–water partition coefficient (Wildman–Crippen LogP) is 2.95. The number of thioether (sulfide) groups is 1. The molecule has 3 aromatic rings. The fourth-order valence-corrected chi connectivity index (χ4v) is 3.13. The molecule has 0 aliphatic heterocycles. The molecule has 0 spiro atoms.